The third kappa shape index (κ3) is 3.08. The minimum absolute atomic E-state index is 0.0395. The van der Waals surface area contributed by atoms with Gasteiger partial charge in [0.05, 0.1) is 12.1 Å². The fraction of sp³-hybridized carbons (Fsp3) is 0.150. The number of benzene rings is 3. The van der Waals surface area contributed by atoms with Gasteiger partial charge in [-0.25, -0.2) is 0 Å². The van der Waals surface area contributed by atoms with Crippen LogP contribution in [0.1, 0.15) is 10.4 Å². The van der Waals surface area contributed by atoms with Crippen molar-refractivity contribution in [2.45, 2.75) is 6.10 Å². The molecule has 1 atom stereocenters. The molecule has 0 spiro atoms. The number of hydrogen-bond donors (Lipinski definition) is 2. The molecule has 3 aromatic carbocycles. The van der Waals surface area contributed by atoms with Gasteiger partial charge in [-0.05, 0) is 35.0 Å². The molecule has 2 N–H and O–H groups in total. The van der Waals surface area contributed by atoms with Gasteiger partial charge in [0.1, 0.15) is 18.5 Å². The van der Waals surface area contributed by atoms with E-state index in [1.54, 1.807) is 12.1 Å². The van der Waals surface area contributed by atoms with Gasteiger partial charge >= 0.3 is 0 Å². The molecule has 1 aliphatic rings. The second-order valence-electron chi connectivity index (χ2n) is 5.92. The lowest BCUT2D eigenvalue weighted by Gasteiger charge is -2.26. The topological polar surface area (TPSA) is 67.8 Å². The maximum absolute atomic E-state index is 12.4. The number of carbonyl (C=O) groups is 1. The van der Waals surface area contributed by atoms with Crippen molar-refractivity contribution in [1.29, 1.82) is 0 Å². The Morgan fingerprint density at radius 1 is 1.04 bits per heavy atom. The van der Waals surface area contributed by atoms with E-state index in [-0.39, 0.29) is 23.3 Å². The Bertz CT molecular complexity index is 938. The van der Waals surface area contributed by atoms with Gasteiger partial charge in [0.25, 0.3) is 5.91 Å². The van der Waals surface area contributed by atoms with Gasteiger partial charge in [-0.2, -0.15) is 0 Å². The van der Waals surface area contributed by atoms with Gasteiger partial charge in [0.2, 0.25) is 0 Å². The number of carbonyl (C=O) groups excluding carboxylic acids is 1. The van der Waals surface area contributed by atoms with Crippen LogP contribution in [0.3, 0.4) is 0 Å². The van der Waals surface area contributed by atoms with Gasteiger partial charge in [-0.15, -0.1) is 0 Å². The molecule has 0 saturated heterocycles. The fourth-order valence-electron chi connectivity index (χ4n) is 2.88. The number of nitrogens with one attached hydrogen (secondary N) is 1. The van der Waals surface area contributed by atoms with Crippen molar-refractivity contribution in [1.82, 2.24) is 5.32 Å². The summed E-state index contributed by atoms with van der Waals surface area (Å²) in [4.78, 5) is 12.4. The van der Waals surface area contributed by atoms with E-state index in [0.29, 0.717) is 24.7 Å². The summed E-state index contributed by atoms with van der Waals surface area (Å²) >= 11 is 0. The molecule has 3 aromatic rings. The van der Waals surface area contributed by atoms with Crippen LogP contribution in [0.2, 0.25) is 0 Å². The minimum Gasteiger partial charge on any atom is -0.507 e. The highest BCUT2D eigenvalue weighted by molar-refractivity contribution is 6.01. The third-order valence-corrected chi connectivity index (χ3v) is 4.17. The van der Waals surface area contributed by atoms with Crippen LogP contribution in [0.15, 0.2) is 60.7 Å². The predicted octanol–water partition coefficient (Wildman–Crippen LogP) is 3.12. The van der Waals surface area contributed by atoms with Crippen molar-refractivity contribution >= 4 is 16.7 Å². The summed E-state index contributed by atoms with van der Waals surface area (Å²) in [6, 6.07) is 18.3. The zero-order valence-corrected chi connectivity index (χ0v) is 13.4. The van der Waals surface area contributed by atoms with Crippen LogP contribution in [0.25, 0.3) is 10.8 Å². The first kappa shape index (κ1) is 15.3. The summed E-state index contributed by atoms with van der Waals surface area (Å²) < 4.78 is 11.4. The molecule has 5 nitrogen and oxygen atoms in total. The van der Waals surface area contributed by atoms with Crippen molar-refractivity contribution in [3.63, 3.8) is 0 Å². The van der Waals surface area contributed by atoms with Gasteiger partial charge in [-0.1, -0.05) is 36.4 Å². The molecule has 0 aliphatic carbocycles. The van der Waals surface area contributed by atoms with Crippen LogP contribution >= 0.6 is 0 Å². The molecular weight excluding hydrogens is 318 g/mol. The molecule has 0 saturated carbocycles. The van der Waals surface area contributed by atoms with E-state index in [9.17, 15) is 9.90 Å². The second kappa shape index (κ2) is 6.36. The largest absolute Gasteiger partial charge is 0.507 e. The Kier molecular flexibility index (Phi) is 3.90. The van der Waals surface area contributed by atoms with E-state index >= 15 is 0 Å². The first-order valence-corrected chi connectivity index (χ1v) is 8.09. The SMILES string of the molecule is O=C(NC[C@H]1COc2ccccc2O1)c1cc2ccccc2cc1O. The molecule has 25 heavy (non-hydrogen) atoms. The van der Waals surface area contributed by atoms with E-state index in [1.807, 2.05) is 48.5 Å². The molecule has 0 fully saturated rings. The van der Waals surface area contributed by atoms with Crippen LogP contribution in [-0.2, 0) is 0 Å². The highest BCUT2D eigenvalue weighted by atomic mass is 16.6. The van der Waals surface area contributed by atoms with Crippen molar-refractivity contribution in [3.8, 4) is 17.2 Å². The average Bonchev–Trinajstić information content (AvgIpc) is 2.65. The molecule has 1 heterocycles. The molecule has 0 radical (unpaired) electrons. The Balaban J connectivity index is 1.45. The zero-order chi connectivity index (χ0) is 17.2. The fourth-order valence-corrected chi connectivity index (χ4v) is 2.88. The summed E-state index contributed by atoms with van der Waals surface area (Å²) in [5.74, 6) is 0.992. The van der Waals surface area contributed by atoms with E-state index in [2.05, 4.69) is 5.32 Å². The molecule has 5 heteroatoms. The van der Waals surface area contributed by atoms with E-state index in [1.165, 1.54) is 0 Å². The first-order valence-electron chi connectivity index (χ1n) is 8.09. The number of rotatable bonds is 3. The monoisotopic (exact) mass is 335 g/mol. The van der Waals surface area contributed by atoms with E-state index in [4.69, 9.17) is 9.47 Å². The smallest absolute Gasteiger partial charge is 0.255 e. The Labute approximate surface area is 144 Å². The lowest BCUT2D eigenvalue weighted by molar-refractivity contribution is 0.0788. The Hall–Kier alpha value is -3.21. The van der Waals surface area contributed by atoms with Crippen LogP contribution < -0.4 is 14.8 Å². The number of aromatic hydroxyl groups is 1. The van der Waals surface area contributed by atoms with Crippen molar-refractivity contribution < 1.29 is 19.4 Å². The van der Waals surface area contributed by atoms with Crippen LogP contribution in [0, 0.1) is 0 Å². The van der Waals surface area contributed by atoms with Gasteiger partial charge < -0.3 is 19.9 Å². The van der Waals surface area contributed by atoms with Gasteiger partial charge in [-0.3, -0.25) is 4.79 Å². The zero-order valence-electron chi connectivity index (χ0n) is 13.4. The number of ether oxygens (including phenoxy) is 2. The van der Waals surface area contributed by atoms with Crippen LogP contribution in [-0.4, -0.2) is 30.3 Å². The molecule has 0 unspecified atom stereocenters. The number of hydrogen-bond acceptors (Lipinski definition) is 4. The van der Waals surface area contributed by atoms with Crippen molar-refractivity contribution in [2.75, 3.05) is 13.2 Å². The Morgan fingerprint density at radius 2 is 1.72 bits per heavy atom. The summed E-state index contributed by atoms with van der Waals surface area (Å²) in [5.41, 5.74) is 0.246. The third-order valence-electron chi connectivity index (χ3n) is 4.17. The summed E-state index contributed by atoms with van der Waals surface area (Å²) in [5, 5.41) is 14.7. The normalized spacial score (nSPS) is 15.8. The summed E-state index contributed by atoms with van der Waals surface area (Å²) in [6.07, 6.45) is -0.276. The number of amides is 1. The molecule has 1 aliphatic heterocycles. The highest BCUT2D eigenvalue weighted by Gasteiger charge is 2.22. The van der Waals surface area contributed by atoms with Crippen LogP contribution in [0.5, 0.6) is 17.2 Å². The van der Waals surface area contributed by atoms with Crippen molar-refractivity contribution in [2.24, 2.45) is 0 Å². The molecule has 0 aromatic heterocycles. The second-order valence-corrected chi connectivity index (χ2v) is 5.92. The Morgan fingerprint density at radius 3 is 2.52 bits per heavy atom. The standard InChI is InChI=1S/C20H17NO4/c22-17-10-14-6-2-1-5-13(14)9-16(17)20(23)21-11-15-12-24-18-7-3-4-8-19(18)25-15/h1-10,15,22H,11-12H2,(H,21,23)/t15-/m0/s1. The van der Waals surface area contributed by atoms with Gasteiger partial charge in [0, 0.05) is 0 Å². The molecular formula is C20H17NO4. The summed E-state index contributed by atoms with van der Waals surface area (Å²) in [7, 11) is 0. The average molecular weight is 335 g/mol. The number of phenols is 1. The number of para-hydroxylation sites is 2. The maximum atomic E-state index is 12.4. The van der Waals surface area contributed by atoms with E-state index in [0.717, 1.165) is 10.8 Å². The minimum atomic E-state index is -0.342. The van der Waals surface area contributed by atoms with Gasteiger partial charge in [0.15, 0.2) is 11.5 Å². The van der Waals surface area contributed by atoms with Crippen molar-refractivity contribution in [3.05, 3.63) is 66.2 Å². The molecule has 0 bridgehead atoms. The van der Waals surface area contributed by atoms with Crippen LogP contribution in [0.4, 0.5) is 0 Å². The quantitative estimate of drug-likeness (QED) is 0.772. The molecule has 4 rings (SSSR count). The lowest BCUT2D eigenvalue weighted by atomic mass is 10.1. The maximum Gasteiger partial charge on any atom is 0.255 e. The highest BCUT2D eigenvalue weighted by Crippen LogP contribution is 2.30. The molecule has 1 amide bonds. The lowest BCUT2D eigenvalue weighted by Crippen LogP contribution is -2.40. The predicted molar refractivity (Wildman–Crippen MR) is 94.3 cm³/mol. The summed E-state index contributed by atoms with van der Waals surface area (Å²) in [6.45, 7) is 0.653. The number of fused-ring (bicyclic) bond motifs is 2. The van der Waals surface area contributed by atoms with E-state index < -0.39 is 0 Å². The number of phenolic OH excluding ortho intramolecular Hbond substituents is 1. The molecule has 126 valence electrons. The first-order chi connectivity index (χ1) is 12.2.